The Bertz CT molecular complexity index is 311. The maximum absolute atomic E-state index is 12.4. The summed E-state index contributed by atoms with van der Waals surface area (Å²) in [7, 11) is 1.78. The van der Waals surface area contributed by atoms with E-state index in [9.17, 15) is 9.90 Å². The van der Waals surface area contributed by atoms with Gasteiger partial charge in [0.05, 0.1) is 12.2 Å². The molecule has 2 atom stereocenters. The van der Waals surface area contributed by atoms with Gasteiger partial charge in [-0.2, -0.15) is 0 Å². The van der Waals surface area contributed by atoms with Gasteiger partial charge in [-0.05, 0) is 51.4 Å². The third-order valence-electron chi connectivity index (χ3n) is 5.08. The second kappa shape index (κ2) is 7.41. The van der Waals surface area contributed by atoms with Crippen molar-refractivity contribution in [3.8, 4) is 0 Å². The topological polar surface area (TPSA) is 49.8 Å². The highest BCUT2D eigenvalue weighted by Gasteiger charge is 2.29. The van der Waals surface area contributed by atoms with Crippen LogP contribution in [0.2, 0.25) is 0 Å². The predicted octanol–water partition coefficient (Wildman–Crippen LogP) is 2.20. The number of amides is 1. The zero-order valence-corrected chi connectivity index (χ0v) is 12.9. The second-order valence-electron chi connectivity index (χ2n) is 6.57. The van der Waals surface area contributed by atoms with Gasteiger partial charge in [-0.25, -0.2) is 0 Å². The zero-order chi connectivity index (χ0) is 14.5. The van der Waals surface area contributed by atoms with Gasteiger partial charge >= 0.3 is 0 Å². The highest BCUT2D eigenvalue weighted by Crippen LogP contribution is 2.29. The Kier molecular flexibility index (Phi) is 5.85. The molecule has 1 saturated heterocycles. The van der Waals surface area contributed by atoms with Gasteiger partial charge in [0.1, 0.15) is 0 Å². The third-order valence-corrected chi connectivity index (χ3v) is 5.08. The van der Waals surface area contributed by atoms with E-state index in [1.54, 1.807) is 7.11 Å². The molecule has 0 aromatic carbocycles. The molecule has 0 radical (unpaired) electrons. The quantitative estimate of drug-likeness (QED) is 0.860. The summed E-state index contributed by atoms with van der Waals surface area (Å²) in [5.41, 5.74) is 0. The molecule has 1 amide bonds. The van der Waals surface area contributed by atoms with Crippen LogP contribution in [-0.4, -0.2) is 48.3 Å². The van der Waals surface area contributed by atoms with Crippen LogP contribution in [-0.2, 0) is 9.53 Å². The fraction of sp³-hybridized carbons (Fsp3) is 0.938. The van der Waals surface area contributed by atoms with Gasteiger partial charge in [0, 0.05) is 32.5 Å². The first-order valence-electron chi connectivity index (χ1n) is 8.08. The predicted molar refractivity (Wildman–Crippen MR) is 78.4 cm³/mol. The molecule has 4 heteroatoms. The number of piperidine rings is 1. The molecule has 116 valence electrons. The molecule has 1 saturated carbocycles. The summed E-state index contributed by atoms with van der Waals surface area (Å²) < 4.78 is 5.38. The Morgan fingerprint density at radius 2 is 2.00 bits per heavy atom. The van der Waals surface area contributed by atoms with Crippen molar-refractivity contribution < 1.29 is 14.6 Å². The van der Waals surface area contributed by atoms with Crippen molar-refractivity contribution in [2.75, 3.05) is 20.2 Å². The number of carbonyl (C=O) groups is 1. The van der Waals surface area contributed by atoms with E-state index in [1.165, 1.54) is 0 Å². The standard InChI is InChI=1S/C16H29NO3/c1-12(18)14-4-3-9-17(11-14)16(19)10-13-5-7-15(20-2)8-6-13/h12-15,18H,3-11H2,1-2H3. The highest BCUT2D eigenvalue weighted by atomic mass is 16.5. The largest absolute Gasteiger partial charge is 0.393 e. The fourth-order valence-electron chi connectivity index (χ4n) is 3.58. The lowest BCUT2D eigenvalue weighted by molar-refractivity contribution is -0.135. The summed E-state index contributed by atoms with van der Waals surface area (Å²) in [5.74, 6) is 1.08. The molecule has 1 aliphatic carbocycles. The van der Waals surface area contributed by atoms with Crippen molar-refractivity contribution in [2.24, 2.45) is 11.8 Å². The lowest BCUT2D eigenvalue weighted by Crippen LogP contribution is -2.43. The van der Waals surface area contributed by atoms with Gasteiger partial charge in [-0.3, -0.25) is 4.79 Å². The molecule has 1 aliphatic heterocycles. The lowest BCUT2D eigenvalue weighted by atomic mass is 9.84. The number of hydrogen-bond donors (Lipinski definition) is 1. The van der Waals surface area contributed by atoms with Gasteiger partial charge in [0.15, 0.2) is 0 Å². The van der Waals surface area contributed by atoms with E-state index in [0.29, 0.717) is 18.4 Å². The third kappa shape index (κ3) is 4.19. The molecule has 0 bridgehead atoms. The number of methoxy groups -OCH3 is 1. The van der Waals surface area contributed by atoms with Crippen LogP contribution in [0.5, 0.6) is 0 Å². The van der Waals surface area contributed by atoms with Crippen molar-refractivity contribution in [2.45, 2.75) is 64.1 Å². The average molecular weight is 283 g/mol. The van der Waals surface area contributed by atoms with Crippen molar-refractivity contribution >= 4 is 5.91 Å². The van der Waals surface area contributed by atoms with Gasteiger partial charge in [-0.15, -0.1) is 0 Å². The molecule has 2 rings (SSSR count). The Morgan fingerprint density at radius 3 is 2.60 bits per heavy atom. The van der Waals surface area contributed by atoms with E-state index in [2.05, 4.69) is 0 Å². The normalized spacial score (nSPS) is 33.0. The van der Waals surface area contributed by atoms with Crippen molar-refractivity contribution in [1.82, 2.24) is 4.90 Å². The minimum absolute atomic E-state index is 0.261. The van der Waals surface area contributed by atoms with Crippen LogP contribution < -0.4 is 0 Å². The number of carbonyl (C=O) groups excluding carboxylic acids is 1. The smallest absolute Gasteiger partial charge is 0.222 e. The molecule has 0 aromatic heterocycles. The monoisotopic (exact) mass is 283 g/mol. The molecule has 0 aromatic rings. The Balaban J connectivity index is 1.77. The van der Waals surface area contributed by atoms with Crippen LogP contribution >= 0.6 is 0 Å². The minimum atomic E-state index is -0.303. The molecule has 2 unspecified atom stereocenters. The van der Waals surface area contributed by atoms with Crippen LogP contribution in [0, 0.1) is 11.8 Å². The number of ether oxygens (including phenoxy) is 1. The van der Waals surface area contributed by atoms with Gasteiger partial charge in [0.25, 0.3) is 0 Å². The molecule has 2 aliphatic rings. The number of likely N-dealkylation sites (tertiary alicyclic amines) is 1. The first kappa shape index (κ1) is 15.8. The molecule has 1 N–H and O–H groups in total. The SMILES string of the molecule is COC1CCC(CC(=O)N2CCCC(C(C)O)C2)CC1. The Labute approximate surface area is 122 Å². The Hall–Kier alpha value is -0.610. The van der Waals surface area contributed by atoms with E-state index in [-0.39, 0.29) is 17.9 Å². The van der Waals surface area contributed by atoms with Crippen LogP contribution in [0.1, 0.15) is 51.9 Å². The fourth-order valence-corrected chi connectivity index (χ4v) is 3.58. The van der Waals surface area contributed by atoms with Crippen LogP contribution in [0.15, 0.2) is 0 Å². The maximum atomic E-state index is 12.4. The number of hydrogen-bond acceptors (Lipinski definition) is 3. The van der Waals surface area contributed by atoms with Gasteiger partial charge in [0.2, 0.25) is 5.91 Å². The first-order valence-corrected chi connectivity index (χ1v) is 8.08. The number of aliphatic hydroxyl groups is 1. The summed E-state index contributed by atoms with van der Waals surface area (Å²) in [6, 6.07) is 0. The minimum Gasteiger partial charge on any atom is -0.393 e. The number of nitrogens with zero attached hydrogens (tertiary/aromatic N) is 1. The molecular weight excluding hydrogens is 254 g/mol. The first-order chi connectivity index (χ1) is 9.60. The zero-order valence-electron chi connectivity index (χ0n) is 12.9. The maximum Gasteiger partial charge on any atom is 0.222 e. The van der Waals surface area contributed by atoms with Crippen molar-refractivity contribution in [3.63, 3.8) is 0 Å². The van der Waals surface area contributed by atoms with Gasteiger partial charge in [-0.1, -0.05) is 0 Å². The second-order valence-corrected chi connectivity index (χ2v) is 6.57. The van der Waals surface area contributed by atoms with E-state index < -0.39 is 0 Å². The van der Waals surface area contributed by atoms with Crippen LogP contribution in [0.3, 0.4) is 0 Å². The Morgan fingerprint density at radius 1 is 1.30 bits per heavy atom. The molecule has 2 fully saturated rings. The van der Waals surface area contributed by atoms with E-state index in [4.69, 9.17) is 4.74 Å². The van der Waals surface area contributed by atoms with Crippen molar-refractivity contribution in [1.29, 1.82) is 0 Å². The summed E-state index contributed by atoms with van der Waals surface area (Å²) in [4.78, 5) is 14.4. The average Bonchev–Trinajstić information content (AvgIpc) is 2.48. The molecule has 0 spiro atoms. The summed E-state index contributed by atoms with van der Waals surface area (Å²) in [6.45, 7) is 3.45. The van der Waals surface area contributed by atoms with Gasteiger partial charge < -0.3 is 14.7 Å². The van der Waals surface area contributed by atoms with E-state index in [0.717, 1.165) is 51.6 Å². The summed E-state index contributed by atoms with van der Waals surface area (Å²) in [6.07, 6.45) is 7.24. The molecule has 1 heterocycles. The van der Waals surface area contributed by atoms with Crippen molar-refractivity contribution in [3.05, 3.63) is 0 Å². The van der Waals surface area contributed by atoms with E-state index >= 15 is 0 Å². The van der Waals surface area contributed by atoms with E-state index in [1.807, 2.05) is 11.8 Å². The summed E-state index contributed by atoms with van der Waals surface area (Å²) >= 11 is 0. The highest BCUT2D eigenvalue weighted by molar-refractivity contribution is 5.76. The van der Waals surface area contributed by atoms with Crippen LogP contribution in [0.25, 0.3) is 0 Å². The number of aliphatic hydroxyl groups excluding tert-OH is 1. The summed E-state index contributed by atoms with van der Waals surface area (Å²) in [5, 5.41) is 9.70. The molecule has 4 nitrogen and oxygen atoms in total. The molecular formula is C16H29NO3. The molecule has 20 heavy (non-hydrogen) atoms. The number of rotatable bonds is 4. The van der Waals surface area contributed by atoms with Crippen LogP contribution in [0.4, 0.5) is 0 Å². The lowest BCUT2D eigenvalue weighted by Gasteiger charge is -2.35.